The summed E-state index contributed by atoms with van der Waals surface area (Å²) in [5.74, 6) is -0.135. The molecule has 5 nitrogen and oxygen atoms in total. The van der Waals surface area contributed by atoms with Crippen molar-refractivity contribution >= 4 is 17.3 Å². The molecule has 0 radical (unpaired) electrons. The van der Waals surface area contributed by atoms with Crippen LogP contribution in [0.2, 0.25) is 0 Å². The zero-order valence-corrected chi connectivity index (χ0v) is 11.4. The molecule has 19 heavy (non-hydrogen) atoms. The van der Waals surface area contributed by atoms with E-state index in [-0.39, 0.29) is 5.91 Å². The van der Waals surface area contributed by atoms with Gasteiger partial charge in [-0.15, -0.1) is 0 Å². The molecule has 0 spiro atoms. The Balaban J connectivity index is 2.25. The zero-order chi connectivity index (χ0) is 13.8. The van der Waals surface area contributed by atoms with Crippen molar-refractivity contribution in [2.45, 2.75) is 20.8 Å². The monoisotopic (exact) mass is 258 g/mol. The molecule has 0 unspecified atom stereocenters. The van der Waals surface area contributed by atoms with Gasteiger partial charge in [0.2, 0.25) is 0 Å². The molecule has 0 saturated carbocycles. The summed E-state index contributed by atoms with van der Waals surface area (Å²) in [6.07, 6.45) is 0. The van der Waals surface area contributed by atoms with E-state index in [1.54, 1.807) is 6.07 Å². The third-order valence-corrected chi connectivity index (χ3v) is 2.91. The van der Waals surface area contributed by atoms with Crippen LogP contribution in [0.15, 0.2) is 24.3 Å². The van der Waals surface area contributed by atoms with E-state index in [2.05, 4.69) is 20.8 Å². The number of hydrogen-bond donors (Lipinski definition) is 3. The lowest BCUT2D eigenvalue weighted by Gasteiger charge is -2.11. The second-order valence-corrected chi connectivity index (χ2v) is 4.34. The Morgan fingerprint density at radius 2 is 2.05 bits per heavy atom. The van der Waals surface area contributed by atoms with Gasteiger partial charge in [0.1, 0.15) is 0 Å². The molecule has 2 aromatic rings. The highest BCUT2D eigenvalue weighted by Crippen LogP contribution is 2.20. The van der Waals surface area contributed by atoms with Gasteiger partial charge in [0, 0.05) is 12.2 Å². The zero-order valence-electron chi connectivity index (χ0n) is 11.4. The molecule has 1 aromatic carbocycles. The first-order chi connectivity index (χ1) is 9.13. The normalized spacial score (nSPS) is 10.3. The first kappa shape index (κ1) is 13.1. The van der Waals surface area contributed by atoms with Gasteiger partial charge in [0.25, 0.3) is 5.91 Å². The number of rotatable bonds is 4. The van der Waals surface area contributed by atoms with Crippen molar-refractivity contribution in [3.63, 3.8) is 0 Å². The molecule has 2 rings (SSSR count). The highest BCUT2D eigenvalue weighted by Gasteiger charge is 2.14. The minimum atomic E-state index is -0.135. The molecular formula is C14H18N4O. The molecule has 1 heterocycles. The number of aromatic nitrogens is 2. The van der Waals surface area contributed by atoms with E-state index in [4.69, 9.17) is 0 Å². The highest BCUT2D eigenvalue weighted by atomic mass is 16.1. The number of hydrogen-bond acceptors (Lipinski definition) is 3. The SMILES string of the molecule is CCNc1ccccc1C(=O)Nc1c(C)n[nH]c1C. The van der Waals surface area contributed by atoms with Crippen LogP contribution >= 0.6 is 0 Å². The second-order valence-electron chi connectivity index (χ2n) is 4.34. The van der Waals surface area contributed by atoms with E-state index in [0.29, 0.717) is 5.56 Å². The summed E-state index contributed by atoms with van der Waals surface area (Å²) < 4.78 is 0. The molecule has 0 fully saturated rings. The quantitative estimate of drug-likeness (QED) is 0.789. The summed E-state index contributed by atoms with van der Waals surface area (Å²) >= 11 is 0. The second kappa shape index (κ2) is 5.56. The van der Waals surface area contributed by atoms with Crippen molar-refractivity contribution in [1.82, 2.24) is 10.2 Å². The van der Waals surface area contributed by atoms with Gasteiger partial charge in [-0.3, -0.25) is 9.89 Å². The number of aromatic amines is 1. The minimum absolute atomic E-state index is 0.135. The standard InChI is InChI=1S/C14H18N4O/c1-4-15-12-8-6-5-7-11(12)14(19)16-13-9(2)17-18-10(13)3/h5-8,15H,4H2,1-3H3,(H,16,19)(H,17,18). The van der Waals surface area contributed by atoms with Crippen molar-refractivity contribution in [3.05, 3.63) is 41.2 Å². The lowest BCUT2D eigenvalue weighted by atomic mass is 10.1. The van der Waals surface area contributed by atoms with E-state index < -0.39 is 0 Å². The van der Waals surface area contributed by atoms with Gasteiger partial charge in [0.05, 0.1) is 22.6 Å². The summed E-state index contributed by atoms with van der Waals surface area (Å²) in [4.78, 5) is 12.3. The fourth-order valence-corrected chi connectivity index (χ4v) is 1.94. The number of aryl methyl sites for hydroxylation is 2. The molecular weight excluding hydrogens is 240 g/mol. The lowest BCUT2D eigenvalue weighted by molar-refractivity contribution is 0.102. The van der Waals surface area contributed by atoms with Crippen molar-refractivity contribution in [2.24, 2.45) is 0 Å². The fourth-order valence-electron chi connectivity index (χ4n) is 1.94. The van der Waals surface area contributed by atoms with E-state index >= 15 is 0 Å². The van der Waals surface area contributed by atoms with Crippen molar-refractivity contribution in [2.75, 3.05) is 17.2 Å². The van der Waals surface area contributed by atoms with Gasteiger partial charge in [-0.25, -0.2) is 0 Å². The van der Waals surface area contributed by atoms with Gasteiger partial charge in [0.15, 0.2) is 0 Å². The Hall–Kier alpha value is -2.30. The molecule has 0 aliphatic rings. The summed E-state index contributed by atoms with van der Waals surface area (Å²) in [7, 11) is 0. The minimum Gasteiger partial charge on any atom is -0.385 e. The summed E-state index contributed by atoms with van der Waals surface area (Å²) in [6, 6.07) is 7.46. The molecule has 1 amide bonds. The molecule has 1 aromatic heterocycles. The first-order valence-corrected chi connectivity index (χ1v) is 6.29. The molecule has 0 aliphatic carbocycles. The number of para-hydroxylation sites is 1. The Bertz CT molecular complexity index is 569. The molecule has 5 heteroatoms. The van der Waals surface area contributed by atoms with Crippen LogP contribution in [0.4, 0.5) is 11.4 Å². The number of benzene rings is 1. The molecule has 0 saturated heterocycles. The van der Waals surface area contributed by atoms with Crippen molar-refractivity contribution in [1.29, 1.82) is 0 Å². The van der Waals surface area contributed by atoms with E-state index in [0.717, 1.165) is 29.3 Å². The summed E-state index contributed by atoms with van der Waals surface area (Å²) in [5, 5.41) is 13.0. The maximum Gasteiger partial charge on any atom is 0.257 e. The van der Waals surface area contributed by atoms with Crippen molar-refractivity contribution in [3.8, 4) is 0 Å². The molecule has 3 N–H and O–H groups in total. The molecule has 100 valence electrons. The Morgan fingerprint density at radius 3 is 2.68 bits per heavy atom. The van der Waals surface area contributed by atoms with Gasteiger partial charge >= 0.3 is 0 Å². The first-order valence-electron chi connectivity index (χ1n) is 6.29. The third kappa shape index (κ3) is 2.76. The van der Waals surface area contributed by atoms with Gasteiger partial charge in [-0.2, -0.15) is 5.10 Å². The lowest BCUT2D eigenvalue weighted by Crippen LogP contribution is -2.15. The van der Waals surface area contributed by atoms with Gasteiger partial charge in [-0.05, 0) is 32.9 Å². The third-order valence-electron chi connectivity index (χ3n) is 2.91. The Labute approximate surface area is 112 Å². The van der Waals surface area contributed by atoms with Gasteiger partial charge < -0.3 is 10.6 Å². The number of carbonyl (C=O) groups is 1. The smallest absolute Gasteiger partial charge is 0.257 e. The molecule has 0 aliphatic heterocycles. The van der Waals surface area contributed by atoms with E-state index in [9.17, 15) is 4.79 Å². The summed E-state index contributed by atoms with van der Waals surface area (Å²) in [6.45, 7) is 6.51. The highest BCUT2D eigenvalue weighted by molar-refractivity contribution is 6.08. The van der Waals surface area contributed by atoms with E-state index in [1.165, 1.54) is 0 Å². The summed E-state index contributed by atoms with van der Waals surface area (Å²) in [5.41, 5.74) is 3.85. The van der Waals surface area contributed by atoms with E-state index in [1.807, 2.05) is 39.0 Å². The number of nitrogens with zero attached hydrogens (tertiary/aromatic N) is 1. The fraction of sp³-hybridized carbons (Fsp3) is 0.286. The van der Waals surface area contributed by atoms with Crippen LogP contribution in [0.3, 0.4) is 0 Å². The predicted molar refractivity (Wildman–Crippen MR) is 76.6 cm³/mol. The number of anilines is 2. The van der Waals surface area contributed by atoms with Crippen LogP contribution in [0.1, 0.15) is 28.7 Å². The number of amides is 1. The average molecular weight is 258 g/mol. The Morgan fingerprint density at radius 1 is 1.32 bits per heavy atom. The van der Waals surface area contributed by atoms with Gasteiger partial charge in [-0.1, -0.05) is 12.1 Å². The number of H-pyrrole nitrogens is 1. The molecule has 0 bridgehead atoms. The maximum atomic E-state index is 12.3. The van der Waals surface area contributed by atoms with Crippen LogP contribution in [0.25, 0.3) is 0 Å². The predicted octanol–water partition coefficient (Wildman–Crippen LogP) is 2.71. The largest absolute Gasteiger partial charge is 0.385 e. The van der Waals surface area contributed by atoms with Crippen LogP contribution in [0, 0.1) is 13.8 Å². The van der Waals surface area contributed by atoms with Crippen LogP contribution < -0.4 is 10.6 Å². The van der Waals surface area contributed by atoms with Crippen LogP contribution in [-0.4, -0.2) is 22.6 Å². The molecule has 0 atom stereocenters. The average Bonchev–Trinajstić information content (AvgIpc) is 2.71. The topological polar surface area (TPSA) is 69.8 Å². The van der Waals surface area contributed by atoms with Crippen LogP contribution in [0.5, 0.6) is 0 Å². The Kier molecular flexibility index (Phi) is 3.85. The number of carbonyl (C=O) groups excluding carboxylic acids is 1. The van der Waals surface area contributed by atoms with Crippen molar-refractivity contribution < 1.29 is 4.79 Å². The van der Waals surface area contributed by atoms with Crippen LogP contribution in [-0.2, 0) is 0 Å². The number of nitrogens with one attached hydrogen (secondary N) is 3. The maximum absolute atomic E-state index is 12.3.